The second-order valence-electron chi connectivity index (χ2n) is 3.85. The summed E-state index contributed by atoms with van der Waals surface area (Å²) in [4.78, 5) is 21.8. The summed E-state index contributed by atoms with van der Waals surface area (Å²) in [5.41, 5.74) is 0.589. The minimum absolute atomic E-state index is 0.0969. The number of rotatable bonds is 5. The summed E-state index contributed by atoms with van der Waals surface area (Å²) < 4.78 is 5.00. The highest BCUT2D eigenvalue weighted by Gasteiger charge is 2.07. The van der Waals surface area contributed by atoms with Crippen LogP contribution in [0.1, 0.15) is 13.8 Å². The van der Waals surface area contributed by atoms with Gasteiger partial charge in [0.25, 0.3) is 0 Å². The number of hydrogen-bond acceptors (Lipinski definition) is 3. The van der Waals surface area contributed by atoms with Crippen LogP contribution >= 0.6 is 0 Å². The summed E-state index contributed by atoms with van der Waals surface area (Å²) in [5.74, 6) is -0.838. The Labute approximate surface area is 99.4 Å². The van der Waals surface area contributed by atoms with E-state index in [1.54, 1.807) is 38.1 Å². The maximum atomic E-state index is 11.4. The minimum Gasteiger partial charge on any atom is -0.482 e. The minimum atomic E-state index is -1.04. The molecule has 1 aromatic carbocycles. The van der Waals surface area contributed by atoms with E-state index in [1.807, 2.05) is 0 Å². The van der Waals surface area contributed by atoms with Gasteiger partial charge in [-0.15, -0.1) is 0 Å². The fourth-order valence-electron chi connectivity index (χ4n) is 1.10. The van der Waals surface area contributed by atoms with Gasteiger partial charge < -0.3 is 15.2 Å². The molecule has 0 unspecified atom stereocenters. The summed E-state index contributed by atoms with van der Waals surface area (Å²) in [5, 5.41) is 11.2. The number of carboxylic acids is 1. The number of carboxylic acid groups (broad SMARTS) is 1. The highest BCUT2D eigenvalue weighted by Crippen LogP contribution is 2.17. The maximum absolute atomic E-state index is 11.4. The number of ether oxygens (including phenoxy) is 1. The van der Waals surface area contributed by atoms with Crippen LogP contribution in [0.2, 0.25) is 0 Å². The van der Waals surface area contributed by atoms with Crippen molar-refractivity contribution in [2.75, 3.05) is 11.9 Å². The summed E-state index contributed by atoms with van der Waals surface area (Å²) in [6.07, 6.45) is 0. The molecule has 0 aromatic heterocycles. The summed E-state index contributed by atoms with van der Waals surface area (Å²) in [6.45, 7) is 3.18. The van der Waals surface area contributed by atoms with Crippen LogP contribution in [0.15, 0.2) is 24.3 Å². The molecule has 92 valence electrons. The number of carbonyl (C=O) groups excluding carboxylic acids is 1. The predicted octanol–water partition coefficient (Wildman–Crippen LogP) is 1.74. The van der Waals surface area contributed by atoms with Gasteiger partial charge in [0, 0.05) is 17.7 Å². The van der Waals surface area contributed by atoms with Gasteiger partial charge >= 0.3 is 5.97 Å². The van der Waals surface area contributed by atoms with Crippen molar-refractivity contribution in [2.24, 2.45) is 5.92 Å². The van der Waals surface area contributed by atoms with Gasteiger partial charge in [-0.2, -0.15) is 0 Å². The fraction of sp³-hybridized carbons (Fsp3) is 0.333. The monoisotopic (exact) mass is 237 g/mol. The summed E-state index contributed by atoms with van der Waals surface area (Å²) in [7, 11) is 0. The highest BCUT2D eigenvalue weighted by molar-refractivity contribution is 5.92. The van der Waals surface area contributed by atoms with Crippen LogP contribution in [0.25, 0.3) is 0 Å². The third-order valence-electron chi connectivity index (χ3n) is 1.99. The van der Waals surface area contributed by atoms with E-state index >= 15 is 0 Å². The van der Waals surface area contributed by atoms with Crippen molar-refractivity contribution < 1.29 is 19.4 Å². The third-order valence-corrected chi connectivity index (χ3v) is 1.99. The van der Waals surface area contributed by atoms with Gasteiger partial charge in [0.1, 0.15) is 5.75 Å². The Morgan fingerprint density at radius 1 is 1.41 bits per heavy atom. The molecule has 5 heteroatoms. The number of benzene rings is 1. The first kappa shape index (κ1) is 13.0. The Balaban J connectivity index is 2.65. The molecule has 0 aliphatic rings. The van der Waals surface area contributed by atoms with Crippen molar-refractivity contribution in [2.45, 2.75) is 13.8 Å². The molecule has 1 aromatic rings. The van der Waals surface area contributed by atoms with E-state index in [1.165, 1.54) is 0 Å². The molecule has 0 saturated carbocycles. The summed E-state index contributed by atoms with van der Waals surface area (Å²) in [6, 6.07) is 6.62. The molecule has 0 heterocycles. The van der Waals surface area contributed by atoms with Crippen molar-refractivity contribution in [1.82, 2.24) is 0 Å². The van der Waals surface area contributed by atoms with Crippen molar-refractivity contribution in [3.05, 3.63) is 24.3 Å². The molecular formula is C12H15NO4. The average Bonchev–Trinajstić information content (AvgIpc) is 2.26. The number of carbonyl (C=O) groups is 2. The quantitative estimate of drug-likeness (QED) is 0.818. The van der Waals surface area contributed by atoms with Crippen LogP contribution in [0.4, 0.5) is 5.69 Å². The van der Waals surface area contributed by atoms with Crippen LogP contribution < -0.4 is 10.1 Å². The van der Waals surface area contributed by atoms with Gasteiger partial charge in [0.2, 0.25) is 5.91 Å². The molecule has 0 aliphatic heterocycles. The average molecular weight is 237 g/mol. The molecule has 1 amide bonds. The Hall–Kier alpha value is -2.04. The predicted molar refractivity (Wildman–Crippen MR) is 63.0 cm³/mol. The Kier molecular flexibility index (Phi) is 4.51. The van der Waals surface area contributed by atoms with Crippen molar-refractivity contribution in [3.63, 3.8) is 0 Å². The van der Waals surface area contributed by atoms with Crippen LogP contribution in [0.3, 0.4) is 0 Å². The number of nitrogens with one attached hydrogen (secondary N) is 1. The zero-order valence-electron chi connectivity index (χ0n) is 9.77. The Morgan fingerprint density at radius 3 is 2.71 bits per heavy atom. The van der Waals surface area contributed by atoms with E-state index in [-0.39, 0.29) is 11.8 Å². The molecule has 2 N–H and O–H groups in total. The molecular weight excluding hydrogens is 222 g/mol. The van der Waals surface area contributed by atoms with Crippen molar-refractivity contribution in [1.29, 1.82) is 0 Å². The van der Waals surface area contributed by atoms with E-state index in [0.717, 1.165) is 0 Å². The Morgan fingerprint density at radius 2 is 2.12 bits per heavy atom. The van der Waals surface area contributed by atoms with Crippen molar-refractivity contribution >= 4 is 17.6 Å². The molecule has 0 spiro atoms. The van der Waals surface area contributed by atoms with E-state index in [9.17, 15) is 9.59 Å². The summed E-state index contributed by atoms with van der Waals surface area (Å²) >= 11 is 0. The lowest BCUT2D eigenvalue weighted by Crippen LogP contribution is -2.17. The Bertz CT molecular complexity index is 415. The molecule has 0 bridgehead atoms. The van der Waals surface area contributed by atoms with Gasteiger partial charge in [-0.25, -0.2) is 4.79 Å². The normalized spacial score (nSPS) is 10.1. The molecule has 5 nitrogen and oxygen atoms in total. The number of anilines is 1. The molecule has 0 atom stereocenters. The maximum Gasteiger partial charge on any atom is 0.341 e. The second-order valence-corrected chi connectivity index (χ2v) is 3.85. The second kappa shape index (κ2) is 5.89. The van der Waals surface area contributed by atoms with Gasteiger partial charge in [-0.1, -0.05) is 19.9 Å². The lowest BCUT2D eigenvalue weighted by atomic mass is 10.2. The molecule has 1 rings (SSSR count). The topological polar surface area (TPSA) is 75.6 Å². The van der Waals surface area contributed by atoms with E-state index in [0.29, 0.717) is 11.4 Å². The first-order chi connectivity index (χ1) is 7.99. The zero-order valence-corrected chi connectivity index (χ0v) is 9.77. The molecule has 0 aliphatic carbocycles. The molecule has 0 fully saturated rings. The van der Waals surface area contributed by atoms with Crippen LogP contribution in [0.5, 0.6) is 5.75 Å². The number of amides is 1. The molecule has 0 saturated heterocycles. The first-order valence-electron chi connectivity index (χ1n) is 5.24. The van der Waals surface area contributed by atoms with Crippen molar-refractivity contribution in [3.8, 4) is 5.75 Å². The van der Waals surface area contributed by atoms with Gasteiger partial charge in [0.05, 0.1) is 0 Å². The smallest absolute Gasteiger partial charge is 0.341 e. The lowest BCUT2D eigenvalue weighted by molar-refractivity contribution is -0.139. The van der Waals surface area contributed by atoms with E-state index in [2.05, 4.69) is 5.32 Å². The number of aliphatic carboxylic acids is 1. The largest absolute Gasteiger partial charge is 0.482 e. The van der Waals surface area contributed by atoms with Crippen LogP contribution in [-0.4, -0.2) is 23.6 Å². The van der Waals surface area contributed by atoms with Gasteiger partial charge in [0.15, 0.2) is 6.61 Å². The SMILES string of the molecule is CC(C)C(=O)Nc1cccc(OCC(=O)O)c1. The zero-order chi connectivity index (χ0) is 12.8. The molecule has 17 heavy (non-hydrogen) atoms. The lowest BCUT2D eigenvalue weighted by Gasteiger charge is -2.09. The van der Waals surface area contributed by atoms with E-state index in [4.69, 9.17) is 9.84 Å². The van der Waals surface area contributed by atoms with Gasteiger partial charge in [-0.05, 0) is 12.1 Å². The van der Waals surface area contributed by atoms with Gasteiger partial charge in [-0.3, -0.25) is 4.79 Å². The van der Waals surface area contributed by atoms with Crippen LogP contribution in [-0.2, 0) is 9.59 Å². The van der Waals surface area contributed by atoms with Crippen LogP contribution in [0, 0.1) is 5.92 Å². The first-order valence-corrected chi connectivity index (χ1v) is 5.24. The number of hydrogen-bond donors (Lipinski definition) is 2. The fourth-order valence-corrected chi connectivity index (χ4v) is 1.10. The third kappa shape index (κ3) is 4.55. The highest BCUT2D eigenvalue weighted by atomic mass is 16.5. The standard InChI is InChI=1S/C12H15NO4/c1-8(2)12(16)13-9-4-3-5-10(6-9)17-7-11(14)15/h3-6,8H,7H2,1-2H3,(H,13,16)(H,14,15). The molecule has 0 radical (unpaired) electrons. The van der Waals surface area contributed by atoms with E-state index < -0.39 is 12.6 Å².